The maximum atomic E-state index is 12.4. The lowest BCUT2D eigenvalue weighted by Crippen LogP contribution is -2.63. The minimum Gasteiger partial charge on any atom is -0.384 e. The minimum atomic E-state index is -1.16. The summed E-state index contributed by atoms with van der Waals surface area (Å²) in [5.74, 6) is 0.437. The molecule has 182 valence electrons. The van der Waals surface area contributed by atoms with E-state index in [1.165, 1.54) is 5.56 Å². The van der Waals surface area contributed by atoms with Gasteiger partial charge in [-0.3, -0.25) is 4.98 Å². The first-order valence-electron chi connectivity index (χ1n) is 12.1. The van der Waals surface area contributed by atoms with Crippen LogP contribution in [0.15, 0.2) is 48.1 Å². The summed E-state index contributed by atoms with van der Waals surface area (Å²) in [7, 11) is 2.08. The maximum absolute atomic E-state index is 12.4. The van der Waals surface area contributed by atoms with Gasteiger partial charge in [-0.1, -0.05) is 45.0 Å². The summed E-state index contributed by atoms with van der Waals surface area (Å²) in [6, 6.07) is 10.5. The molecule has 2 N–H and O–H groups in total. The Bertz CT molecular complexity index is 1130. The lowest BCUT2D eigenvalue weighted by Gasteiger charge is -2.56. The molecule has 0 saturated carbocycles. The van der Waals surface area contributed by atoms with Crippen LogP contribution < -0.4 is 0 Å². The normalized spacial score (nSPS) is 19.4. The van der Waals surface area contributed by atoms with E-state index in [0.29, 0.717) is 24.5 Å². The average molecular weight is 480 g/mol. The van der Waals surface area contributed by atoms with E-state index in [0.717, 1.165) is 34.8 Å². The van der Waals surface area contributed by atoms with E-state index in [1.807, 2.05) is 25.4 Å². The summed E-state index contributed by atoms with van der Waals surface area (Å²) in [6.07, 6.45) is 4.81. The van der Waals surface area contributed by atoms with E-state index in [-0.39, 0.29) is 5.41 Å². The molecule has 1 saturated heterocycles. The second-order valence-corrected chi connectivity index (χ2v) is 11.9. The smallest absolute Gasteiger partial charge is 0.124 e. The molecule has 3 aromatic rings. The zero-order chi connectivity index (χ0) is 24.7. The molecule has 0 amide bonds. The Morgan fingerprint density at radius 3 is 2.35 bits per heavy atom. The fourth-order valence-corrected chi connectivity index (χ4v) is 6.04. The van der Waals surface area contributed by atoms with Crippen LogP contribution in [0.5, 0.6) is 0 Å². The van der Waals surface area contributed by atoms with E-state index in [1.54, 1.807) is 17.5 Å². The van der Waals surface area contributed by atoms with Crippen molar-refractivity contribution in [1.82, 2.24) is 14.9 Å². The monoisotopic (exact) mass is 479 g/mol. The van der Waals surface area contributed by atoms with Gasteiger partial charge in [0.2, 0.25) is 0 Å². The van der Waals surface area contributed by atoms with Crippen molar-refractivity contribution < 1.29 is 10.2 Å². The van der Waals surface area contributed by atoms with Gasteiger partial charge >= 0.3 is 0 Å². The van der Waals surface area contributed by atoms with Crippen molar-refractivity contribution in [1.29, 1.82) is 0 Å². The molecule has 0 aliphatic carbocycles. The molecule has 0 radical (unpaired) electrons. The van der Waals surface area contributed by atoms with Gasteiger partial charge in [-0.15, -0.1) is 11.3 Å². The van der Waals surface area contributed by atoms with Crippen LogP contribution in [0.1, 0.15) is 73.0 Å². The highest BCUT2D eigenvalue weighted by Crippen LogP contribution is 2.50. The third-order valence-electron chi connectivity index (χ3n) is 7.39. The number of rotatable bonds is 8. The molecule has 1 aliphatic heterocycles. The Hall–Kier alpha value is -2.12. The molecule has 0 spiro atoms. The summed E-state index contributed by atoms with van der Waals surface area (Å²) in [5, 5.41) is 26.3. The Balaban J connectivity index is 1.66. The predicted molar refractivity (Wildman–Crippen MR) is 138 cm³/mol. The van der Waals surface area contributed by atoms with Crippen LogP contribution in [-0.2, 0) is 17.6 Å². The molecule has 1 unspecified atom stereocenters. The molecule has 4 rings (SSSR count). The zero-order valence-electron chi connectivity index (χ0n) is 21.2. The van der Waals surface area contributed by atoms with Crippen molar-refractivity contribution in [3.63, 3.8) is 0 Å². The number of benzene rings is 1. The fourth-order valence-electron chi connectivity index (χ4n) is 5.30. The first-order chi connectivity index (χ1) is 15.9. The van der Waals surface area contributed by atoms with Gasteiger partial charge in [0.25, 0.3) is 0 Å². The lowest BCUT2D eigenvalue weighted by molar-refractivity contribution is -0.127. The molecular weight excluding hydrogens is 442 g/mol. The molecular formula is C28H37N3O2S. The topological polar surface area (TPSA) is 69.5 Å². The summed E-state index contributed by atoms with van der Waals surface area (Å²) in [5.41, 5.74) is 2.18. The second-order valence-electron chi connectivity index (χ2n) is 10.8. The highest BCUT2D eigenvalue weighted by atomic mass is 32.1. The van der Waals surface area contributed by atoms with E-state index >= 15 is 0 Å². The molecule has 2 atom stereocenters. The molecule has 3 heterocycles. The highest BCUT2D eigenvalue weighted by molar-refractivity contribution is 7.09. The minimum absolute atomic E-state index is 0.328. The van der Waals surface area contributed by atoms with Gasteiger partial charge in [0.1, 0.15) is 11.2 Å². The molecule has 2 aromatic heterocycles. The average Bonchev–Trinajstić information content (AvgIpc) is 3.24. The Morgan fingerprint density at radius 2 is 1.79 bits per heavy atom. The summed E-state index contributed by atoms with van der Waals surface area (Å²) < 4.78 is 0. The van der Waals surface area contributed by atoms with Crippen LogP contribution >= 0.6 is 11.3 Å². The zero-order valence-corrected chi connectivity index (χ0v) is 22.0. The van der Waals surface area contributed by atoms with E-state index in [4.69, 9.17) is 0 Å². The largest absolute Gasteiger partial charge is 0.384 e. The predicted octanol–water partition coefficient (Wildman–Crippen LogP) is 5.00. The number of hydrogen-bond donors (Lipinski definition) is 2. The molecule has 34 heavy (non-hydrogen) atoms. The van der Waals surface area contributed by atoms with Gasteiger partial charge in [0.05, 0.1) is 10.7 Å². The van der Waals surface area contributed by atoms with E-state index in [2.05, 4.69) is 73.0 Å². The number of aromatic nitrogens is 2. The van der Waals surface area contributed by atoms with Crippen LogP contribution in [-0.4, -0.2) is 45.2 Å². The van der Waals surface area contributed by atoms with Crippen molar-refractivity contribution in [2.45, 2.75) is 64.6 Å². The Morgan fingerprint density at radius 1 is 1.12 bits per heavy atom. The first kappa shape index (κ1) is 25.0. The van der Waals surface area contributed by atoms with Crippen molar-refractivity contribution in [3.8, 4) is 0 Å². The second kappa shape index (κ2) is 9.15. The van der Waals surface area contributed by atoms with Gasteiger partial charge in [-0.05, 0) is 62.4 Å². The maximum Gasteiger partial charge on any atom is 0.124 e. The Labute approximate surface area is 207 Å². The molecule has 1 fully saturated rings. The van der Waals surface area contributed by atoms with Crippen LogP contribution in [0, 0.1) is 12.3 Å². The number of aliphatic hydroxyl groups is 2. The van der Waals surface area contributed by atoms with Gasteiger partial charge in [0.15, 0.2) is 0 Å². The third kappa shape index (κ3) is 4.57. The molecule has 5 nitrogen and oxygen atoms in total. The van der Waals surface area contributed by atoms with Crippen molar-refractivity contribution in [3.05, 3.63) is 81.1 Å². The number of hydrogen-bond acceptors (Lipinski definition) is 6. The molecule has 1 aliphatic rings. The van der Waals surface area contributed by atoms with Crippen molar-refractivity contribution in [2.24, 2.45) is 5.41 Å². The first-order valence-corrected chi connectivity index (χ1v) is 12.9. The van der Waals surface area contributed by atoms with Crippen LogP contribution in [0.2, 0.25) is 0 Å². The molecule has 6 heteroatoms. The van der Waals surface area contributed by atoms with E-state index in [9.17, 15) is 10.2 Å². The van der Waals surface area contributed by atoms with Gasteiger partial charge in [-0.25, -0.2) is 4.98 Å². The van der Waals surface area contributed by atoms with Crippen LogP contribution in [0.25, 0.3) is 0 Å². The number of likely N-dealkylation sites (tertiary alicyclic amines) is 1. The van der Waals surface area contributed by atoms with Gasteiger partial charge in [0, 0.05) is 41.8 Å². The molecule has 1 aromatic carbocycles. The summed E-state index contributed by atoms with van der Waals surface area (Å²) in [4.78, 5) is 11.2. The SMILES string of the molecule is Cc1nc(C(C)(O)CCc2cncc([C@@](O)(c3ccc(C(C)C)cc3)C3(C)CN(C)C3)c2)cs1. The highest BCUT2D eigenvalue weighted by Gasteiger charge is 2.55. The number of thiazole rings is 1. The van der Waals surface area contributed by atoms with Crippen molar-refractivity contribution in [2.75, 3.05) is 20.1 Å². The van der Waals surface area contributed by atoms with Crippen LogP contribution in [0.4, 0.5) is 0 Å². The van der Waals surface area contributed by atoms with Crippen molar-refractivity contribution >= 4 is 11.3 Å². The Kier molecular flexibility index (Phi) is 6.73. The van der Waals surface area contributed by atoms with Gasteiger partial charge in [-0.2, -0.15) is 0 Å². The number of nitrogens with zero attached hydrogens (tertiary/aromatic N) is 3. The fraction of sp³-hybridized carbons (Fsp3) is 0.500. The lowest BCUT2D eigenvalue weighted by atomic mass is 9.62. The van der Waals surface area contributed by atoms with E-state index < -0.39 is 11.2 Å². The summed E-state index contributed by atoms with van der Waals surface area (Å²) >= 11 is 1.55. The molecule has 0 bridgehead atoms. The van der Waals surface area contributed by atoms with Gasteiger partial charge < -0.3 is 15.1 Å². The van der Waals surface area contributed by atoms with Crippen LogP contribution in [0.3, 0.4) is 0 Å². The third-order valence-corrected chi connectivity index (χ3v) is 8.16. The number of aryl methyl sites for hydroxylation is 2. The quantitative estimate of drug-likeness (QED) is 0.476. The number of pyridine rings is 1. The summed E-state index contributed by atoms with van der Waals surface area (Å²) in [6.45, 7) is 11.9. The standard InChI is InChI=1S/C28H37N3O2S/c1-19(2)22-7-9-23(10-8-22)28(33,26(4)17-31(6)18-26)24-13-21(14-29-15-24)11-12-27(5,32)25-16-34-20(3)30-25/h7-10,13-16,19,32-33H,11-12,17-18H2,1-6H3/t27?,28-/m0/s1.